The van der Waals surface area contributed by atoms with Crippen molar-refractivity contribution in [3.8, 4) is 5.75 Å². The molecule has 7 heteroatoms. The SMILES string of the molecule is CCCOc1ccc(N(Cc2cnc(C)s2)S(C)(=O)=O)cc1. The number of hydrogen-bond acceptors (Lipinski definition) is 5. The van der Waals surface area contributed by atoms with Crippen molar-refractivity contribution >= 4 is 27.0 Å². The van der Waals surface area contributed by atoms with Gasteiger partial charge in [0, 0.05) is 11.1 Å². The number of aryl methyl sites for hydroxylation is 1. The van der Waals surface area contributed by atoms with Gasteiger partial charge in [0.05, 0.1) is 30.1 Å². The summed E-state index contributed by atoms with van der Waals surface area (Å²) in [5.41, 5.74) is 0.623. The Morgan fingerprint density at radius 3 is 2.45 bits per heavy atom. The van der Waals surface area contributed by atoms with Crippen LogP contribution < -0.4 is 9.04 Å². The molecule has 0 amide bonds. The lowest BCUT2D eigenvalue weighted by molar-refractivity contribution is 0.317. The second-order valence-electron chi connectivity index (χ2n) is 4.96. The maximum absolute atomic E-state index is 12.1. The zero-order chi connectivity index (χ0) is 16.2. The summed E-state index contributed by atoms with van der Waals surface area (Å²) >= 11 is 1.50. The van der Waals surface area contributed by atoms with Crippen LogP contribution in [0.1, 0.15) is 23.2 Å². The first-order valence-electron chi connectivity index (χ1n) is 7.02. The molecule has 5 nitrogen and oxygen atoms in total. The molecule has 1 heterocycles. The van der Waals surface area contributed by atoms with Gasteiger partial charge in [0.15, 0.2) is 0 Å². The van der Waals surface area contributed by atoms with Crippen molar-refractivity contribution in [2.24, 2.45) is 0 Å². The zero-order valence-corrected chi connectivity index (χ0v) is 14.6. The summed E-state index contributed by atoms with van der Waals surface area (Å²) in [6.45, 7) is 4.88. The third-order valence-corrected chi connectivity index (χ3v) is 5.00. The molecule has 22 heavy (non-hydrogen) atoms. The maximum atomic E-state index is 12.1. The quantitative estimate of drug-likeness (QED) is 0.776. The molecule has 2 aromatic rings. The van der Waals surface area contributed by atoms with Gasteiger partial charge in [0.1, 0.15) is 5.75 Å². The highest BCUT2D eigenvalue weighted by Crippen LogP contribution is 2.25. The number of thiazole rings is 1. The fraction of sp³-hybridized carbons (Fsp3) is 0.400. The second kappa shape index (κ2) is 7.11. The molecule has 0 aliphatic carbocycles. The second-order valence-corrected chi connectivity index (χ2v) is 8.18. The Hall–Kier alpha value is -1.60. The zero-order valence-electron chi connectivity index (χ0n) is 12.9. The van der Waals surface area contributed by atoms with Crippen LogP contribution in [0.4, 0.5) is 5.69 Å². The number of aromatic nitrogens is 1. The van der Waals surface area contributed by atoms with E-state index in [9.17, 15) is 8.42 Å². The van der Waals surface area contributed by atoms with E-state index in [4.69, 9.17) is 4.74 Å². The topological polar surface area (TPSA) is 59.5 Å². The summed E-state index contributed by atoms with van der Waals surface area (Å²) in [5, 5.41) is 0.923. The Balaban J connectivity index is 2.22. The van der Waals surface area contributed by atoms with Gasteiger partial charge in [-0.05, 0) is 37.6 Å². The van der Waals surface area contributed by atoms with E-state index in [0.717, 1.165) is 22.1 Å². The molecule has 1 aromatic heterocycles. The van der Waals surface area contributed by atoms with Gasteiger partial charge in [-0.3, -0.25) is 4.31 Å². The number of hydrogen-bond donors (Lipinski definition) is 0. The molecule has 1 aromatic carbocycles. The highest BCUT2D eigenvalue weighted by Gasteiger charge is 2.19. The monoisotopic (exact) mass is 340 g/mol. The summed E-state index contributed by atoms with van der Waals surface area (Å²) in [4.78, 5) is 5.08. The lowest BCUT2D eigenvalue weighted by atomic mass is 10.3. The number of sulfonamides is 1. The first-order chi connectivity index (χ1) is 10.4. The minimum Gasteiger partial charge on any atom is -0.494 e. The van der Waals surface area contributed by atoms with Gasteiger partial charge >= 0.3 is 0 Å². The Labute approximate surface area is 135 Å². The highest BCUT2D eigenvalue weighted by molar-refractivity contribution is 7.92. The molecule has 0 saturated heterocycles. The van der Waals surface area contributed by atoms with Crippen LogP contribution in [0.2, 0.25) is 0 Å². The number of benzene rings is 1. The Morgan fingerprint density at radius 2 is 1.95 bits per heavy atom. The summed E-state index contributed by atoms with van der Waals surface area (Å²) in [6, 6.07) is 7.11. The van der Waals surface area contributed by atoms with Crippen LogP contribution >= 0.6 is 11.3 Å². The average Bonchev–Trinajstić information content (AvgIpc) is 2.88. The molecular weight excluding hydrogens is 320 g/mol. The summed E-state index contributed by atoms with van der Waals surface area (Å²) < 4.78 is 31.1. The predicted molar refractivity (Wildman–Crippen MR) is 90.1 cm³/mol. The van der Waals surface area contributed by atoms with Crippen LogP contribution in [0.25, 0.3) is 0 Å². The van der Waals surface area contributed by atoms with Crippen molar-refractivity contribution in [3.63, 3.8) is 0 Å². The molecule has 0 radical (unpaired) electrons. The number of anilines is 1. The molecule has 0 atom stereocenters. The number of rotatable bonds is 7. The van der Waals surface area contributed by atoms with E-state index in [0.29, 0.717) is 18.8 Å². The Bertz CT molecular complexity index is 709. The van der Waals surface area contributed by atoms with Crippen LogP contribution in [0.5, 0.6) is 5.75 Å². The third-order valence-electron chi connectivity index (χ3n) is 2.97. The largest absolute Gasteiger partial charge is 0.494 e. The van der Waals surface area contributed by atoms with Gasteiger partial charge in [-0.2, -0.15) is 0 Å². The van der Waals surface area contributed by atoms with E-state index in [1.54, 1.807) is 30.5 Å². The van der Waals surface area contributed by atoms with Crippen LogP contribution in [-0.2, 0) is 16.6 Å². The highest BCUT2D eigenvalue weighted by atomic mass is 32.2. The fourth-order valence-corrected chi connectivity index (χ4v) is 3.69. The summed E-state index contributed by atoms with van der Waals surface area (Å²) in [6.07, 6.45) is 3.86. The predicted octanol–water partition coefficient (Wildman–Crippen LogP) is 3.21. The Morgan fingerprint density at radius 1 is 1.27 bits per heavy atom. The van der Waals surface area contributed by atoms with Crippen molar-refractivity contribution < 1.29 is 13.2 Å². The van der Waals surface area contributed by atoms with Gasteiger partial charge in [-0.15, -0.1) is 11.3 Å². The van der Waals surface area contributed by atoms with Gasteiger partial charge in [-0.25, -0.2) is 13.4 Å². The lowest BCUT2D eigenvalue weighted by Gasteiger charge is -2.21. The number of nitrogens with zero attached hydrogens (tertiary/aromatic N) is 2. The van der Waals surface area contributed by atoms with E-state index in [-0.39, 0.29) is 0 Å². The molecule has 0 unspecified atom stereocenters. The molecule has 0 bridgehead atoms. The fourth-order valence-electron chi connectivity index (χ4n) is 1.95. The van der Waals surface area contributed by atoms with Gasteiger partial charge < -0.3 is 4.74 Å². The lowest BCUT2D eigenvalue weighted by Crippen LogP contribution is -2.28. The molecular formula is C15H20N2O3S2. The van der Waals surface area contributed by atoms with E-state index >= 15 is 0 Å². The van der Waals surface area contributed by atoms with Crippen molar-refractivity contribution in [3.05, 3.63) is 40.3 Å². The Kier molecular flexibility index (Phi) is 5.42. The van der Waals surface area contributed by atoms with E-state index in [1.807, 2.05) is 13.8 Å². The molecule has 0 saturated carbocycles. The molecule has 0 aliphatic heterocycles. The smallest absolute Gasteiger partial charge is 0.232 e. The first-order valence-corrected chi connectivity index (χ1v) is 9.68. The van der Waals surface area contributed by atoms with Crippen molar-refractivity contribution in [2.75, 3.05) is 17.2 Å². The van der Waals surface area contributed by atoms with Crippen LogP contribution in [0, 0.1) is 6.92 Å². The molecule has 0 N–H and O–H groups in total. The van der Waals surface area contributed by atoms with Crippen LogP contribution in [-0.4, -0.2) is 26.3 Å². The molecule has 0 spiro atoms. The van der Waals surface area contributed by atoms with E-state index in [1.165, 1.54) is 21.9 Å². The van der Waals surface area contributed by atoms with Crippen molar-refractivity contribution in [2.45, 2.75) is 26.8 Å². The van der Waals surface area contributed by atoms with Crippen molar-refractivity contribution in [1.82, 2.24) is 4.98 Å². The van der Waals surface area contributed by atoms with E-state index < -0.39 is 10.0 Å². The molecule has 2 rings (SSSR count). The summed E-state index contributed by atoms with van der Waals surface area (Å²) in [5.74, 6) is 0.743. The molecule has 120 valence electrons. The normalized spacial score (nSPS) is 11.4. The maximum Gasteiger partial charge on any atom is 0.232 e. The van der Waals surface area contributed by atoms with Gasteiger partial charge in [0.25, 0.3) is 0 Å². The van der Waals surface area contributed by atoms with Gasteiger partial charge in [0.2, 0.25) is 10.0 Å². The van der Waals surface area contributed by atoms with Crippen LogP contribution in [0.15, 0.2) is 30.5 Å². The van der Waals surface area contributed by atoms with Crippen LogP contribution in [0.3, 0.4) is 0 Å². The molecule has 0 fully saturated rings. The van der Waals surface area contributed by atoms with Gasteiger partial charge in [-0.1, -0.05) is 6.92 Å². The minimum atomic E-state index is -3.37. The first kappa shape index (κ1) is 16.8. The minimum absolute atomic E-state index is 0.291. The van der Waals surface area contributed by atoms with Crippen molar-refractivity contribution in [1.29, 1.82) is 0 Å². The summed E-state index contributed by atoms with van der Waals surface area (Å²) in [7, 11) is -3.37. The number of ether oxygens (including phenoxy) is 1. The average molecular weight is 340 g/mol. The van der Waals surface area contributed by atoms with E-state index in [2.05, 4.69) is 4.98 Å². The molecule has 0 aliphatic rings. The standard InChI is InChI=1S/C15H20N2O3S2/c1-4-9-20-14-7-5-13(6-8-14)17(22(3,18)19)11-15-10-16-12(2)21-15/h5-8,10H,4,9,11H2,1-3H3. The third kappa shape index (κ3) is 4.45.